The fraction of sp³-hybridized carbons (Fsp3) is 0.500. The van der Waals surface area contributed by atoms with Crippen molar-refractivity contribution in [1.29, 1.82) is 0 Å². The summed E-state index contributed by atoms with van der Waals surface area (Å²) in [5, 5.41) is 0.668. The molecule has 0 saturated carbocycles. The minimum atomic E-state index is -3.03. The number of benzene rings is 1. The van der Waals surface area contributed by atoms with E-state index in [0.717, 1.165) is 24.1 Å². The zero-order valence-corrected chi connectivity index (χ0v) is 12.6. The summed E-state index contributed by atoms with van der Waals surface area (Å²) >= 11 is 5.99. The molecule has 1 aromatic rings. The zero-order valence-electron chi connectivity index (χ0n) is 11.0. The van der Waals surface area contributed by atoms with E-state index in [1.165, 1.54) is 0 Å². The first-order chi connectivity index (χ1) is 9.46. The Bertz CT molecular complexity index is 656. The number of hydrogen-bond acceptors (Lipinski definition) is 3. The number of fused-ring (bicyclic) bond motifs is 1. The van der Waals surface area contributed by atoms with E-state index in [0.29, 0.717) is 18.0 Å². The second kappa shape index (κ2) is 5.04. The Balaban J connectivity index is 1.87. The predicted octanol–water partition coefficient (Wildman–Crippen LogP) is 2.05. The van der Waals surface area contributed by atoms with Gasteiger partial charge in [-0.1, -0.05) is 11.6 Å². The summed E-state index contributed by atoms with van der Waals surface area (Å²) in [7, 11) is -3.03. The quantitative estimate of drug-likeness (QED) is 0.797. The number of anilines is 1. The molecule has 0 N–H and O–H groups in total. The lowest BCUT2D eigenvalue weighted by Crippen LogP contribution is -2.40. The van der Waals surface area contributed by atoms with Gasteiger partial charge in [0.2, 0.25) is 5.91 Å². The van der Waals surface area contributed by atoms with Crippen LogP contribution < -0.4 is 4.90 Å². The number of rotatable bonds is 1. The molecular formula is C14H16ClNO3S. The van der Waals surface area contributed by atoms with Crippen LogP contribution in [0.3, 0.4) is 0 Å². The highest BCUT2D eigenvalue weighted by Crippen LogP contribution is 2.32. The van der Waals surface area contributed by atoms with Crippen molar-refractivity contribution in [2.45, 2.75) is 19.3 Å². The number of sulfone groups is 1. The standard InChI is InChI=1S/C14H16ClNO3S/c15-12-3-4-13-10(8-12)2-1-6-16(13)14(17)11-5-7-20(18,19)9-11/h3-4,8,11H,1-2,5-7,9H2. The highest BCUT2D eigenvalue weighted by atomic mass is 35.5. The summed E-state index contributed by atoms with van der Waals surface area (Å²) in [6.45, 7) is 0.657. The second-order valence-corrected chi connectivity index (χ2v) is 8.13. The van der Waals surface area contributed by atoms with Crippen molar-refractivity contribution in [2.75, 3.05) is 23.0 Å². The van der Waals surface area contributed by atoms with E-state index in [1.807, 2.05) is 12.1 Å². The molecule has 0 spiro atoms. The molecular weight excluding hydrogens is 298 g/mol. The van der Waals surface area contributed by atoms with Crippen LogP contribution in [0, 0.1) is 5.92 Å². The van der Waals surface area contributed by atoms with Gasteiger partial charge in [0.15, 0.2) is 9.84 Å². The molecule has 0 aliphatic carbocycles. The lowest BCUT2D eigenvalue weighted by molar-refractivity contribution is -0.121. The van der Waals surface area contributed by atoms with E-state index in [1.54, 1.807) is 11.0 Å². The van der Waals surface area contributed by atoms with Crippen LogP contribution in [0.1, 0.15) is 18.4 Å². The number of aryl methyl sites for hydroxylation is 1. The summed E-state index contributed by atoms with van der Waals surface area (Å²) < 4.78 is 23.1. The van der Waals surface area contributed by atoms with E-state index in [-0.39, 0.29) is 23.3 Å². The Morgan fingerprint density at radius 1 is 1.35 bits per heavy atom. The van der Waals surface area contributed by atoms with Gasteiger partial charge < -0.3 is 4.90 Å². The molecule has 2 aliphatic heterocycles. The summed E-state index contributed by atoms with van der Waals surface area (Å²) in [5.74, 6) is -0.327. The van der Waals surface area contributed by atoms with E-state index < -0.39 is 9.84 Å². The van der Waals surface area contributed by atoms with Gasteiger partial charge >= 0.3 is 0 Å². The first kappa shape index (κ1) is 13.9. The fourth-order valence-corrected chi connectivity index (χ4v) is 4.93. The minimum absolute atomic E-state index is 0.00867. The Morgan fingerprint density at radius 2 is 2.15 bits per heavy atom. The molecule has 2 aliphatic rings. The SMILES string of the molecule is O=C(C1CCS(=O)(=O)C1)N1CCCc2cc(Cl)ccc21. The Hall–Kier alpha value is -1.07. The van der Waals surface area contributed by atoms with Crippen LogP contribution in [-0.2, 0) is 21.1 Å². The topological polar surface area (TPSA) is 54.5 Å². The average molecular weight is 314 g/mol. The van der Waals surface area contributed by atoms with E-state index in [9.17, 15) is 13.2 Å². The Labute approximate surface area is 123 Å². The maximum absolute atomic E-state index is 12.6. The molecule has 3 rings (SSSR count). The van der Waals surface area contributed by atoms with Crippen LogP contribution in [0.5, 0.6) is 0 Å². The average Bonchev–Trinajstić information content (AvgIpc) is 2.77. The van der Waals surface area contributed by atoms with Crippen LogP contribution in [0.15, 0.2) is 18.2 Å². The van der Waals surface area contributed by atoms with E-state index in [2.05, 4.69) is 0 Å². The third-order valence-electron chi connectivity index (χ3n) is 4.01. The molecule has 0 radical (unpaired) electrons. The van der Waals surface area contributed by atoms with E-state index >= 15 is 0 Å². The zero-order chi connectivity index (χ0) is 14.3. The van der Waals surface area contributed by atoms with Gasteiger partial charge in [-0.25, -0.2) is 8.42 Å². The number of halogens is 1. The molecule has 1 aromatic carbocycles. The van der Waals surface area contributed by atoms with Crippen molar-refractivity contribution >= 4 is 33.0 Å². The molecule has 0 bridgehead atoms. The lowest BCUT2D eigenvalue weighted by Gasteiger charge is -2.31. The van der Waals surface area contributed by atoms with Crippen LogP contribution in [-0.4, -0.2) is 32.4 Å². The molecule has 1 atom stereocenters. The maximum Gasteiger partial charge on any atom is 0.231 e. The predicted molar refractivity (Wildman–Crippen MR) is 78.9 cm³/mol. The largest absolute Gasteiger partial charge is 0.312 e. The molecule has 1 amide bonds. The first-order valence-electron chi connectivity index (χ1n) is 6.76. The number of nitrogens with zero attached hydrogens (tertiary/aromatic N) is 1. The highest BCUT2D eigenvalue weighted by Gasteiger charge is 2.36. The van der Waals surface area contributed by atoms with Crippen molar-refractivity contribution in [2.24, 2.45) is 5.92 Å². The van der Waals surface area contributed by atoms with Gasteiger partial charge in [0.25, 0.3) is 0 Å². The van der Waals surface area contributed by atoms with Crippen molar-refractivity contribution < 1.29 is 13.2 Å². The highest BCUT2D eigenvalue weighted by molar-refractivity contribution is 7.91. The summed E-state index contributed by atoms with van der Waals surface area (Å²) in [4.78, 5) is 14.3. The normalized spacial score (nSPS) is 24.4. The monoisotopic (exact) mass is 313 g/mol. The van der Waals surface area contributed by atoms with Gasteiger partial charge in [-0.2, -0.15) is 0 Å². The number of carbonyl (C=O) groups is 1. The molecule has 4 nitrogen and oxygen atoms in total. The molecule has 6 heteroatoms. The third-order valence-corrected chi connectivity index (χ3v) is 6.01. The second-order valence-electron chi connectivity index (χ2n) is 5.47. The summed E-state index contributed by atoms with van der Waals surface area (Å²) in [6.07, 6.45) is 2.24. The van der Waals surface area contributed by atoms with Gasteiger partial charge in [-0.15, -0.1) is 0 Å². The van der Waals surface area contributed by atoms with Crippen molar-refractivity contribution in [3.8, 4) is 0 Å². The molecule has 1 saturated heterocycles. The number of carbonyl (C=O) groups excluding carboxylic acids is 1. The van der Waals surface area contributed by atoms with Crippen LogP contribution in [0.4, 0.5) is 5.69 Å². The Kier molecular flexibility index (Phi) is 3.50. The molecule has 1 fully saturated rings. The number of hydrogen-bond donors (Lipinski definition) is 0. The fourth-order valence-electron chi connectivity index (χ4n) is 3.00. The van der Waals surface area contributed by atoms with Crippen molar-refractivity contribution in [3.05, 3.63) is 28.8 Å². The third kappa shape index (κ3) is 2.56. The Morgan fingerprint density at radius 3 is 2.85 bits per heavy atom. The smallest absolute Gasteiger partial charge is 0.231 e. The van der Waals surface area contributed by atoms with Gasteiger partial charge in [0.05, 0.1) is 17.4 Å². The number of amides is 1. The van der Waals surface area contributed by atoms with Crippen LogP contribution >= 0.6 is 11.6 Å². The molecule has 0 aromatic heterocycles. The van der Waals surface area contributed by atoms with Gasteiger partial charge in [0, 0.05) is 17.3 Å². The van der Waals surface area contributed by atoms with Gasteiger partial charge in [-0.05, 0) is 43.0 Å². The molecule has 1 unspecified atom stereocenters. The van der Waals surface area contributed by atoms with Crippen molar-refractivity contribution in [3.63, 3.8) is 0 Å². The molecule has 108 valence electrons. The minimum Gasteiger partial charge on any atom is -0.312 e. The van der Waals surface area contributed by atoms with Crippen LogP contribution in [0.2, 0.25) is 5.02 Å². The maximum atomic E-state index is 12.6. The summed E-state index contributed by atoms with van der Waals surface area (Å²) in [6, 6.07) is 5.53. The van der Waals surface area contributed by atoms with Crippen LogP contribution in [0.25, 0.3) is 0 Å². The lowest BCUT2D eigenvalue weighted by atomic mass is 9.99. The van der Waals surface area contributed by atoms with Crippen molar-refractivity contribution in [1.82, 2.24) is 0 Å². The van der Waals surface area contributed by atoms with Gasteiger partial charge in [-0.3, -0.25) is 4.79 Å². The van der Waals surface area contributed by atoms with E-state index in [4.69, 9.17) is 11.6 Å². The molecule has 2 heterocycles. The van der Waals surface area contributed by atoms with Gasteiger partial charge in [0.1, 0.15) is 0 Å². The first-order valence-corrected chi connectivity index (χ1v) is 8.96. The summed E-state index contributed by atoms with van der Waals surface area (Å²) in [5.41, 5.74) is 1.95. The molecule has 20 heavy (non-hydrogen) atoms.